The number of para-hydroxylation sites is 2. The van der Waals surface area contributed by atoms with E-state index in [2.05, 4.69) is 69.6 Å². The molecule has 206 valence electrons. The maximum Gasteiger partial charge on any atom is 0.282 e. The van der Waals surface area contributed by atoms with E-state index in [0.717, 1.165) is 45.5 Å². The summed E-state index contributed by atoms with van der Waals surface area (Å²) in [5, 5.41) is 6.44. The average molecular weight is 535 g/mol. The number of hydrogen-bond acceptors (Lipinski definition) is 4. The molecular formula is C34H38N4O2. The van der Waals surface area contributed by atoms with Gasteiger partial charge in [0.2, 0.25) is 0 Å². The second-order valence-electron chi connectivity index (χ2n) is 11.9. The summed E-state index contributed by atoms with van der Waals surface area (Å²) in [6.07, 6.45) is 3.91. The molecule has 0 unspecified atom stereocenters. The molecule has 0 N–H and O–H groups in total. The third-order valence-electron chi connectivity index (χ3n) is 7.05. The largest absolute Gasteiger partial charge is 0.494 e. The van der Waals surface area contributed by atoms with Gasteiger partial charge in [0.25, 0.3) is 5.56 Å². The minimum Gasteiger partial charge on any atom is -0.494 e. The molecule has 0 radical (unpaired) electrons. The molecule has 40 heavy (non-hydrogen) atoms. The van der Waals surface area contributed by atoms with E-state index in [1.54, 1.807) is 12.3 Å². The molecule has 0 bridgehead atoms. The molecule has 0 saturated carbocycles. The van der Waals surface area contributed by atoms with Crippen LogP contribution in [0.15, 0.2) is 76.8 Å². The standard InChI is InChI=1S/C34H38N4O2/c1-8-40-31-17-23(4)28(18-27(31)22(2)3)32-36-29-15-11-9-14-26(29)33(39)38(32)35-19-24-20-37(21-34(5,6)7)30-16-12-10-13-25(24)30/h9-20,22H,8,21H2,1-7H3. The maximum atomic E-state index is 13.9. The van der Waals surface area contributed by atoms with E-state index in [-0.39, 0.29) is 16.9 Å². The molecule has 0 aliphatic rings. The zero-order valence-electron chi connectivity index (χ0n) is 24.5. The van der Waals surface area contributed by atoms with Crippen LogP contribution < -0.4 is 10.3 Å². The van der Waals surface area contributed by atoms with Gasteiger partial charge in [-0.25, -0.2) is 4.98 Å². The molecule has 6 nitrogen and oxygen atoms in total. The van der Waals surface area contributed by atoms with Crippen LogP contribution in [0, 0.1) is 12.3 Å². The van der Waals surface area contributed by atoms with Crippen molar-refractivity contribution in [2.24, 2.45) is 10.5 Å². The SMILES string of the molecule is CCOc1cc(C)c(-c2nc3ccccc3c(=O)n2N=Cc2cn(CC(C)(C)C)c3ccccc23)cc1C(C)C. The van der Waals surface area contributed by atoms with E-state index in [4.69, 9.17) is 14.8 Å². The Morgan fingerprint density at radius 1 is 1.02 bits per heavy atom. The van der Waals surface area contributed by atoms with E-state index < -0.39 is 0 Å². The van der Waals surface area contributed by atoms with Gasteiger partial charge in [0, 0.05) is 34.8 Å². The van der Waals surface area contributed by atoms with Crippen molar-refractivity contribution in [1.82, 2.24) is 14.2 Å². The lowest BCUT2D eigenvalue weighted by Gasteiger charge is -2.19. The summed E-state index contributed by atoms with van der Waals surface area (Å²) in [6, 6.07) is 19.9. The Hall–Kier alpha value is -4.19. The lowest BCUT2D eigenvalue weighted by Crippen LogP contribution is -2.21. The Morgan fingerprint density at radius 3 is 2.42 bits per heavy atom. The number of hydrogen-bond donors (Lipinski definition) is 0. The molecule has 2 aromatic heterocycles. The summed E-state index contributed by atoms with van der Waals surface area (Å²) >= 11 is 0. The van der Waals surface area contributed by atoms with Gasteiger partial charge in [0.1, 0.15) is 5.75 Å². The third-order valence-corrected chi connectivity index (χ3v) is 7.05. The first kappa shape index (κ1) is 27.4. The molecule has 5 rings (SSSR count). The van der Waals surface area contributed by atoms with Crippen molar-refractivity contribution in [3.8, 4) is 17.1 Å². The molecule has 0 aliphatic carbocycles. The first-order chi connectivity index (χ1) is 19.1. The first-order valence-electron chi connectivity index (χ1n) is 14.0. The summed E-state index contributed by atoms with van der Waals surface area (Å²) in [5.74, 6) is 1.61. The Balaban J connectivity index is 1.73. The molecule has 0 saturated heterocycles. The molecule has 5 aromatic rings. The molecule has 0 atom stereocenters. The Labute approximate surface area is 235 Å². The Kier molecular flexibility index (Phi) is 7.37. The highest BCUT2D eigenvalue weighted by molar-refractivity contribution is 5.99. The maximum absolute atomic E-state index is 13.9. The highest BCUT2D eigenvalue weighted by Gasteiger charge is 2.19. The number of ether oxygens (including phenoxy) is 1. The van der Waals surface area contributed by atoms with Crippen LogP contribution in [-0.4, -0.2) is 27.0 Å². The fraction of sp³-hybridized carbons (Fsp3) is 0.324. The first-order valence-corrected chi connectivity index (χ1v) is 14.0. The number of benzene rings is 3. The third kappa shape index (κ3) is 5.31. The fourth-order valence-corrected chi connectivity index (χ4v) is 5.22. The van der Waals surface area contributed by atoms with E-state index in [9.17, 15) is 4.79 Å². The van der Waals surface area contributed by atoms with Gasteiger partial charge in [-0.1, -0.05) is 65.0 Å². The summed E-state index contributed by atoms with van der Waals surface area (Å²) in [5.41, 5.74) is 5.57. The van der Waals surface area contributed by atoms with Crippen molar-refractivity contribution in [1.29, 1.82) is 0 Å². The molecule has 0 amide bonds. The number of aromatic nitrogens is 3. The molecule has 0 spiro atoms. The summed E-state index contributed by atoms with van der Waals surface area (Å²) in [6.45, 7) is 16.4. The zero-order valence-corrected chi connectivity index (χ0v) is 24.5. The van der Waals surface area contributed by atoms with E-state index in [1.807, 2.05) is 44.2 Å². The number of aryl methyl sites for hydroxylation is 1. The summed E-state index contributed by atoms with van der Waals surface area (Å²) in [7, 11) is 0. The number of rotatable bonds is 7. The van der Waals surface area contributed by atoms with Gasteiger partial charge in [-0.2, -0.15) is 9.78 Å². The molecule has 6 heteroatoms. The van der Waals surface area contributed by atoms with Gasteiger partial charge in [-0.15, -0.1) is 0 Å². The highest BCUT2D eigenvalue weighted by atomic mass is 16.5. The lowest BCUT2D eigenvalue weighted by molar-refractivity contribution is 0.335. The fourth-order valence-electron chi connectivity index (χ4n) is 5.22. The van der Waals surface area contributed by atoms with Gasteiger partial charge < -0.3 is 9.30 Å². The minimum absolute atomic E-state index is 0.113. The van der Waals surface area contributed by atoms with E-state index >= 15 is 0 Å². The Morgan fingerprint density at radius 2 is 1.73 bits per heavy atom. The van der Waals surface area contributed by atoms with Crippen molar-refractivity contribution in [2.45, 2.75) is 60.9 Å². The van der Waals surface area contributed by atoms with Crippen LogP contribution in [0.4, 0.5) is 0 Å². The number of fused-ring (bicyclic) bond motifs is 2. The molecule has 2 heterocycles. The summed E-state index contributed by atoms with van der Waals surface area (Å²) < 4.78 is 9.67. The van der Waals surface area contributed by atoms with Crippen LogP contribution in [0.2, 0.25) is 0 Å². The number of nitrogens with zero attached hydrogens (tertiary/aromatic N) is 4. The quantitative estimate of drug-likeness (QED) is 0.200. The van der Waals surface area contributed by atoms with E-state index in [0.29, 0.717) is 23.3 Å². The highest BCUT2D eigenvalue weighted by Crippen LogP contribution is 2.34. The smallest absolute Gasteiger partial charge is 0.282 e. The van der Waals surface area contributed by atoms with Gasteiger partial charge >= 0.3 is 0 Å². The second-order valence-corrected chi connectivity index (χ2v) is 11.9. The van der Waals surface area contributed by atoms with Gasteiger partial charge in [-0.3, -0.25) is 4.79 Å². The summed E-state index contributed by atoms with van der Waals surface area (Å²) in [4.78, 5) is 18.9. The van der Waals surface area contributed by atoms with Crippen LogP contribution in [0.5, 0.6) is 5.75 Å². The van der Waals surface area contributed by atoms with Gasteiger partial charge in [0.15, 0.2) is 5.82 Å². The predicted octanol–water partition coefficient (Wildman–Crippen LogP) is 7.78. The van der Waals surface area contributed by atoms with Crippen molar-refractivity contribution >= 4 is 28.0 Å². The van der Waals surface area contributed by atoms with Crippen molar-refractivity contribution in [3.63, 3.8) is 0 Å². The molecular weight excluding hydrogens is 496 g/mol. The molecule has 0 aliphatic heterocycles. The van der Waals surface area contributed by atoms with Crippen molar-refractivity contribution < 1.29 is 4.74 Å². The topological polar surface area (TPSA) is 61.4 Å². The Bertz CT molecular complexity index is 1780. The monoisotopic (exact) mass is 534 g/mol. The van der Waals surface area contributed by atoms with Crippen LogP contribution in [0.1, 0.15) is 64.2 Å². The van der Waals surface area contributed by atoms with Crippen LogP contribution >= 0.6 is 0 Å². The predicted molar refractivity (Wildman–Crippen MR) is 166 cm³/mol. The molecule has 3 aromatic carbocycles. The average Bonchev–Trinajstić information content (AvgIpc) is 3.24. The normalized spacial score (nSPS) is 12.3. The van der Waals surface area contributed by atoms with Crippen LogP contribution in [0.25, 0.3) is 33.2 Å². The molecule has 0 fully saturated rings. The van der Waals surface area contributed by atoms with Crippen LogP contribution in [-0.2, 0) is 6.54 Å². The van der Waals surface area contributed by atoms with Gasteiger partial charge in [0.05, 0.1) is 23.7 Å². The van der Waals surface area contributed by atoms with Crippen molar-refractivity contribution in [2.75, 3.05) is 6.61 Å². The van der Waals surface area contributed by atoms with E-state index in [1.165, 1.54) is 4.68 Å². The minimum atomic E-state index is -0.199. The second kappa shape index (κ2) is 10.8. The zero-order chi connectivity index (χ0) is 28.6. The van der Waals surface area contributed by atoms with Crippen molar-refractivity contribution in [3.05, 3.63) is 93.9 Å². The van der Waals surface area contributed by atoms with Gasteiger partial charge in [-0.05, 0) is 66.6 Å². The lowest BCUT2D eigenvalue weighted by atomic mass is 9.96. The van der Waals surface area contributed by atoms with Crippen LogP contribution in [0.3, 0.4) is 0 Å².